The van der Waals surface area contributed by atoms with E-state index in [-0.39, 0.29) is 11.3 Å². The smallest absolute Gasteiger partial charge is 0.234 e. The number of benzene rings is 1. The monoisotopic (exact) mass is 250 g/mol. The molecule has 0 aliphatic heterocycles. The average molecular weight is 250 g/mol. The second-order valence-corrected chi connectivity index (χ2v) is 5.30. The highest BCUT2D eigenvalue weighted by molar-refractivity contribution is 5.75. The third kappa shape index (κ3) is 4.75. The topological polar surface area (TPSA) is 64.3 Å². The standard InChI is InChI=1S/C14H22N2O2/c1-14(2,3)11-6-4-7-12(10-11)18-9-5-8-13(17)16-15/h4,6-7,10H,5,8-9,15H2,1-3H3,(H,16,17). The summed E-state index contributed by atoms with van der Waals surface area (Å²) in [4.78, 5) is 10.9. The van der Waals surface area contributed by atoms with Gasteiger partial charge in [-0.05, 0) is 29.5 Å². The number of hydrogen-bond donors (Lipinski definition) is 2. The summed E-state index contributed by atoms with van der Waals surface area (Å²) in [5.41, 5.74) is 3.44. The van der Waals surface area contributed by atoms with Gasteiger partial charge in [-0.15, -0.1) is 0 Å². The van der Waals surface area contributed by atoms with Gasteiger partial charge in [0.2, 0.25) is 5.91 Å². The lowest BCUT2D eigenvalue weighted by Gasteiger charge is -2.19. The molecule has 100 valence electrons. The highest BCUT2D eigenvalue weighted by Gasteiger charge is 2.13. The summed E-state index contributed by atoms with van der Waals surface area (Å²) in [6, 6.07) is 8.05. The fourth-order valence-electron chi connectivity index (χ4n) is 1.55. The highest BCUT2D eigenvalue weighted by atomic mass is 16.5. The summed E-state index contributed by atoms with van der Waals surface area (Å²) in [7, 11) is 0. The van der Waals surface area contributed by atoms with E-state index in [0.717, 1.165) is 5.75 Å². The molecule has 1 amide bonds. The Balaban J connectivity index is 2.46. The van der Waals surface area contributed by atoms with Gasteiger partial charge < -0.3 is 4.74 Å². The van der Waals surface area contributed by atoms with E-state index in [4.69, 9.17) is 10.6 Å². The van der Waals surface area contributed by atoms with Crippen molar-refractivity contribution in [3.63, 3.8) is 0 Å². The molecule has 4 heteroatoms. The lowest BCUT2D eigenvalue weighted by atomic mass is 9.87. The van der Waals surface area contributed by atoms with Crippen LogP contribution in [0.5, 0.6) is 5.75 Å². The molecule has 1 aromatic carbocycles. The van der Waals surface area contributed by atoms with Gasteiger partial charge in [-0.25, -0.2) is 5.84 Å². The number of rotatable bonds is 5. The van der Waals surface area contributed by atoms with Crippen molar-refractivity contribution in [1.29, 1.82) is 0 Å². The second-order valence-electron chi connectivity index (χ2n) is 5.30. The minimum absolute atomic E-state index is 0.110. The average Bonchev–Trinajstić information content (AvgIpc) is 2.33. The first kappa shape index (κ1) is 14.5. The molecule has 0 fully saturated rings. The molecule has 4 nitrogen and oxygen atoms in total. The van der Waals surface area contributed by atoms with Crippen LogP contribution < -0.4 is 16.0 Å². The number of carbonyl (C=O) groups is 1. The summed E-state index contributed by atoms with van der Waals surface area (Å²) < 4.78 is 5.62. The van der Waals surface area contributed by atoms with E-state index in [1.165, 1.54) is 5.56 Å². The van der Waals surface area contributed by atoms with E-state index in [9.17, 15) is 4.79 Å². The lowest BCUT2D eigenvalue weighted by Crippen LogP contribution is -2.29. The van der Waals surface area contributed by atoms with E-state index >= 15 is 0 Å². The van der Waals surface area contributed by atoms with Crippen molar-refractivity contribution < 1.29 is 9.53 Å². The summed E-state index contributed by atoms with van der Waals surface area (Å²) in [6.45, 7) is 7.01. The first-order valence-corrected chi connectivity index (χ1v) is 6.16. The zero-order valence-corrected chi connectivity index (χ0v) is 11.3. The van der Waals surface area contributed by atoms with Gasteiger partial charge in [-0.3, -0.25) is 10.2 Å². The van der Waals surface area contributed by atoms with Gasteiger partial charge in [-0.1, -0.05) is 32.9 Å². The molecule has 0 saturated heterocycles. The third-order valence-corrected chi connectivity index (χ3v) is 2.68. The first-order chi connectivity index (χ1) is 8.43. The zero-order chi connectivity index (χ0) is 13.6. The van der Waals surface area contributed by atoms with Gasteiger partial charge in [0, 0.05) is 6.42 Å². The van der Waals surface area contributed by atoms with Gasteiger partial charge in [0.1, 0.15) is 5.75 Å². The van der Waals surface area contributed by atoms with Gasteiger partial charge >= 0.3 is 0 Å². The number of nitrogens with one attached hydrogen (secondary N) is 1. The molecule has 0 radical (unpaired) electrons. The Morgan fingerprint density at radius 1 is 1.39 bits per heavy atom. The maximum Gasteiger partial charge on any atom is 0.234 e. The molecule has 1 aromatic rings. The molecule has 0 bridgehead atoms. The van der Waals surface area contributed by atoms with Crippen molar-refractivity contribution in [1.82, 2.24) is 5.43 Å². The molecular formula is C14H22N2O2. The largest absolute Gasteiger partial charge is 0.494 e. The van der Waals surface area contributed by atoms with Crippen LogP contribution >= 0.6 is 0 Å². The van der Waals surface area contributed by atoms with Crippen molar-refractivity contribution in [2.24, 2.45) is 5.84 Å². The SMILES string of the molecule is CC(C)(C)c1cccc(OCCCC(=O)NN)c1. The van der Waals surface area contributed by atoms with E-state index < -0.39 is 0 Å². The minimum Gasteiger partial charge on any atom is -0.494 e. The van der Waals surface area contributed by atoms with Crippen molar-refractivity contribution in [3.05, 3.63) is 29.8 Å². The maximum atomic E-state index is 10.9. The number of hydrogen-bond acceptors (Lipinski definition) is 3. The van der Waals surface area contributed by atoms with Crippen LogP contribution in [0.25, 0.3) is 0 Å². The Hall–Kier alpha value is -1.55. The van der Waals surface area contributed by atoms with E-state index in [1.54, 1.807) is 0 Å². The van der Waals surface area contributed by atoms with Crippen molar-refractivity contribution >= 4 is 5.91 Å². The molecule has 0 aliphatic carbocycles. The molecule has 0 aliphatic rings. The third-order valence-electron chi connectivity index (χ3n) is 2.68. The quantitative estimate of drug-likeness (QED) is 0.364. The fourth-order valence-corrected chi connectivity index (χ4v) is 1.55. The normalized spacial score (nSPS) is 11.1. The Morgan fingerprint density at radius 2 is 2.11 bits per heavy atom. The van der Waals surface area contributed by atoms with Gasteiger partial charge in [-0.2, -0.15) is 0 Å². The number of ether oxygens (including phenoxy) is 1. The van der Waals surface area contributed by atoms with Crippen LogP contribution in [0.1, 0.15) is 39.2 Å². The van der Waals surface area contributed by atoms with Gasteiger partial charge in [0.25, 0.3) is 0 Å². The molecule has 0 heterocycles. The molecule has 0 saturated carbocycles. The van der Waals surface area contributed by atoms with Gasteiger partial charge in [0.15, 0.2) is 0 Å². The molecule has 0 atom stereocenters. The van der Waals surface area contributed by atoms with E-state index in [1.807, 2.05) is 18.2 Å². The molecule has 0 unspecified atom stereocenters. The number of amides is 1. The summed E-state index contributed by atoms with van der Waals surface area (Å²) in [6.07, 6.45) is 1.04. The van der Waals surface area contributed by atoms with Crippen molar-refractivity contribution in [2.75, 3.05) is 6.61 Å². The van der Waals surface area contributed by atoms with Crippen molar-refractivity contribution in [2.45, 2.75) is 39.0 Å². The van der Waals surface area contributed by atoms with Crippen LogP contribution in [0.3, 0.4) is 0 Å². The lowest BCUT2D eigenvalue weighted by molar-refractivity contribution is -0.121. The van der Waals surface area contributed by atoms with Crippen LogP contribution in [0.2, 0.25) is 0 Å². The number of carbonyl (C=O) groups excluding carboxylic acids is 1. The first-order valence-electron chi connectivity index (χ1n) is 6.16. The summed E-state index contributed by atoms with van der Waals surface area (Å²) in [5, 5.41) is 0. The van der Waals surface area contributed by atoms with E-state index in [2.05, 4.69) is 32.3 Å². The Bertz CT molecular complexity index is 397. The van der Waals surface area contributed by atoms with E-state index in [0.29, 0.717) is 19.4 Å². The molecular weight excluding hydrogens is 228 g/mol. The summed E-state index contributed by atoms with van der Waals surface area (Å²) in [5.74, 6) is 5.67. The molecule has 18 heavy (non-hydrogen) atoms. The van der Waals surface area contributed by atoms with Crippen LogP contribution in [-0.4, -0.2) is 12.5 Å². The van der Waals surface area contributed by atoms with Crippen LogP contribution in [-0.2, 0) is 10.2 Å². The molecule has 0 aromatic heterocycles. The fraction of sp³-hybridized carbons (Fsp3) is 0.500. The molecule has 1 rings (SSSR count). The Kier molecular flexibility index (Phi) is 5.16. The molecule has 0 spiro atoms. The molecule has 3 N–H and O–H groups in total. The maximum absolute atomic E-state index is 10.9. The predicted octanol–water partition coefficient (Wildman–Crippen LogP) is 2.13. The second kappa shape index (κ2) is 6.40. The zero-order valence-electron chi connectivity index (χ0n) is 11.3. The number of hydrazine groups is 1. The van der Waals surface area contributed by atoms with Crippen LogP contribution in [0, 0.1) is 0 Å². The van der Waals surface area contributed by atoms with Gasteiger partial charge in [0.05, 0.1) is 6.61 Å². The van der Waals surface area contributed by atoms with Crippen molar-refractivity contribution in [3.8, 4) is 5.75 Å². The Labute approximate surface area is 108 Å². The van der Waals surface area contributed by atoms with Crippen LogP contribution in [0.15, 0.2) is 24.3 Å². The predicted molar refractivity (Wildman–Crippen MR) is 72.2 cm³/mol. The summed E-state index contributed by atoms with van der Waals surface area (Å²) >= 11 is 0. The van der Waals surface area contributed by atoms with Crippen LogP contribution in [0.4, 0.5) is 0 Å². The highest BCUT2D eigenvalue weighted by Crippen LogP contribution is 2.25. The number of nitrogens with two attached hydrogens (primary N) is 1. The Morgan fingerprint density at radius 3 is 2.72 bits per heavy atom. The minimum atomic E-state index is -0.165.